The molecule has 104 valence electrons. The Morgan fingerprint density at radius 3 is 2.53 bits per heavy atom. The fraction of sp³-hybridized carbons (Fsp3) is 0.533. The average molecular weight is 262 g/mol. The van der Waals surface area contributed by atoms with E-state index in [-0.39, 0.29) is 11.9 Å². The van der Waals surface area contributed by atoms with Gasteiger partial charge in [0.15, 0.2) is 0 Å². The third kappa shape index (κ3) is 3.07. The van der Waals surface area contributed by atoms with E-state index in [9.17, 15) is 4.79 Å². The molecule has 1 aromatic rings. The first-order valence-corrected chi connectivity index (χ1v) is 6.79. The average Bonchev–Trinajstić information content (AvgIpc) is 2.46. The number of carbonyl (C=O) groups excluding carboxylic acids is 1. The highest BCUT2D eigenvalue weighted by molar-refractivity contribution is 5.97. The monoisotopic (exact) mass is 262 g/mol. The number of methoxy groups -OCH3 is 1. The number of ether oxygens (including phenoxy) is 1. The summed E-state index contributed by atoms with van der Waals surface area (Å²) in [5, 5.41) is 0. The molecule has 1 aromatic carbocycles. The van der Waals surface area contributed by atoms with Crippen LogP contribution < -0.4 is 10.5 Å². The summed E-state index contributed by atoms with van der Waals surface area (Å²) < 4.78 is 5.25. The summed E-state index contributed by atoms with van der Waals surface area (Å²) in [6.45, 7) is 0. The third-order valence-electron chi connectivity index (χ3n) is 3.95. The first-order chi connectivity index (χ1) is 9.13. The van der Waals surface area contributed by atoms with E-state index in [0.29, 0.717) is 17.4 Å². The van der Waals surface area contributed by atoms with E-state index in [2.05, 4.69) is 0 Å². The summed E-state index contributed by atoms with van der Waals surface area (Å²) in [7, 11) is 3.46. The second-order valence-corrected chi connectivity index (χ2v) is 5.18. The van der Waals surface area contributed by atoms with Crippen molar-refractivity contribution in [1.82, 2.24) is 4.90 Å². The molecule has 1 aliphatic carbocycles. The Morgan fingerprint density at radius 1 is 1.26 bits per heavy atom. The summed E-state index contributed by atoms with van der Waals surface area (Å²) in [5.74, 6) is 0.657. The minimum Gasteiger partial charge on any atom is -0.496 e. The first kappa shape index (κ1) is 13.9. The maximum atomic E-state index is 12.5. The van der Waals surface area contributed by atoms with E-state index < -0.39 is 0 Å². The SMILES string of the molecule is COc1ccccc1C(=O)N(C)C1CCC(N)CC1. The van der Waals surface area contributed by atoms with Crippen LogP contribution in [0.4, 0.5) is 0 Å². The zero-order valence-corrected chi connectivity index (χ0v) is 11.6. The van der Waals surface area contributed by atoms with Gasteiger partial charge in [0, 0.05) is 19.1 Å². The highest BCUT2D eigenvalue weighted by Gasteiger charge is 2.26. The molecular formula is C15H22N2O2. The van der Waals surface area contributed by atoms with Crippen molar-refractivity contribution < 1.29 is 9.53 Å². The van der Waals surface area contributed by atoms with Crippen molar-refractivity contribution in [3.05, 3.63) is 29.8 Å². The molecule has 0 radical (unpaired) electrons. The van der Waals surface area contributed by atoms with Gasteiger partial charge in [-0.15, -0.1) is 0 Å². The maximum Gasteiger partial charge on any atom is 0.257 e. The van der Waals surface area contributed by atoms with E-state index in [1.807, 2.05) is 36.2 Å². The Hall–Kier alpha value is -1.55. The van der Waals surface area contributed by atoms with E-state index in [0.717, 1.165) is 25.7 Å². The molecule has 1 saturated carbocycles. The van der Waals surface area contributed by atoms with Crippen LogP contribution in [0.2, 0.25) is 0 Å². The topological polar surface area (TPSA) is 55.6 Å². The Balaban J connectivity index is 2.10. The van der Waals surface area contributed by atoms with Crippen LogP contribution in [0.1, 0.15) is 36.0 Å². The lowest BCUT2D eigenvalue weighted by Crippen LogP contribution is -2.41. The number of benzene rings is 1. The smallest absolute Gasteiger partial charge is 0.257 e. The number of nitrogens with zero attached hydrogens (tertiary/aromatic N) is 1. The minimum atomic E-state index is 0.0259. The molecule has 0 unspecified atom stereocenters. The van der Waals surface area contributed by atoms with Gasteiger partial charge >= 0.3 is 0 Å². The van der Waals surface area contributed by atoms with Crippen molar-refractivity contribution in [3.63, 3.8) is 0 Å². The van der Waals surface area contributed by atoms with Gasteiger partial charge in [-0.2, -0.15) is 0 Å². The van der Waals surface area contributed by atoms with E-state index >= 15 is 0 Å². The second kappa shape index (κ2) is 6.06. The van der Waals surface area contributed by atoms with Crippen molar-refractivity contribution in [2.75, 3.05) is 14.2 Å². The maximum absolute atomic E-state index is 12.5. The first-order valence-electron chi connectivity index (χ1n) is 6.79. The lowest BCUT2D eigenvalue weighted by molar-refractivity contribution is 0.0686. The highest BCUT2D eigenvalue weighted by atomic mass is 16.5. The van der Waals surface area contributed by atoms with Crippen LogP contribution in [0.5, 0.6) is 5.75 Å². The van der Waals surface area contributed by atoms with Crippen molar-refractivity contribution >= 4 is 5.91 Å². The Labute approximate surface area is 114 Å². The zero-order valence-electron chi connectivity index (χ0n) is 11.6. The Bertz CT molecular complexity index is 440. The molecule has 19 heavy (non-hydrogen) atoms. The Kier molecular flexibility index (Phi) is 4.43. The predicted octanol–water partition coefficient (Wildman–Crippen LogP) is 2.04. The molecule has 1 aliphatic rings. The molecule has 0 aliphatic heterocycles. The molecule has 4 nitrogen and oxygen atoms in total. The van der Waals surface area contributed by atoms with E-state index in [1.54, 1.807) is 7.11 Å². The van der Waals surface area contributed by atoms with Gasteiger partial charge in [0.25, 0.3) is 5.91 Å². The fourth-order valence-corrected chi connectivity index (χ4v) is 2.67. The van der Waals surface area contributed by atoms with E-state index in [1.165, 1.54) is 0 Å². The molecule has 1 fully saturated rings. The summed E-state index contributed by atoms with van der Waals surface area (Å²) in [5.41, 5.74) is 6.53. The molecule has 2 N–H and O–H groups in total. The van der Waals surface area contributed by atoms with Crippen molar-refractivity contribution in [3.8, 4) is 5.75 Å². The van der Waals surface area contributed by atoms with Crippen molar-refractivity contribution in [1.29, 1.82) is 0 Å². The molecular weight excluding hydrogens is 240 g/mol. The number of amides is 1. The number of nitrogens with two attached hydrogens (primary N) is 1. The molecule has 2 rings (SSSR count). The molecule has 0 saturated heterocycles. The van der Waals surface area contributed by atoms with Crippen LogP contribution >= 0.6 is 0 Å². The molecule has 0 bridgehead atoms. The number of hydrogen-bond acceptors (Lipinski definition) is 3. The summed E-state index contributed by atoms with van der Waals surface area (Å²) in [6.07, 6.45) is 3.96. The van der Waals surface area contributed by atoms with Gasteiger partial charge < -0.3 is 15.4 Å². The van der Waals surface area contributed by atoms with Gasteiger partial charge in [0.1, 0.15) is 5.75 Å². The standard InChI is InChI=1S/C15H22N2O2/c1-17(12-9-7-11(16)8-10-12)15(18)13-5-3-4-6-14(13)19-2/h3-6,11-12H,7-10,16H2,1-2H3. The van der Waals surface area contributed by atoms with Gasteiger partial charge in [0.2, 0.25) is 0 Å². The molecule has 1 amide bonds. The molecule has 0 heterocycles. The molecule has 0 aromatic heterocycles. The van der Waals surface area contributed by atoms with Crippen LogP contribution in [0.15, 0.2) is 24.3 Å². The van der Waals surface area contributed by atoms with Gasteiger partial charge in [-0.1, -0.05) is 12.1 Å². The quantitative estimate of drug-likeness (QED) is 0.907. The van der Waals surface area contributed by atoms with Gasteiger partial charge in [0.05, 0.1) is 12.7 Å². The predicted molar refractivity (Wildman–Crippen MR) is 75.3 cm³/mol. The van der Waals surface area contributed by atoms with Gasteiger partial charge in [-0.25, -0.2) is 0 Å². The van der Waals surface area contributed by atoms with Crippen LogP contribution in [0.3, 0.4) is 0 Å². The largest absolute Gasteiger partial charge is 0.496 e. The fourth-order valence-electron chi connectivity index (χ4n) is 2.67. The summed E-state index contributed by atoms with van der Waals surface area (Å²) in [4.78, 5) is 14.4. The van der Waals surface area contributed by atoms with Crippen molar-refractivity contribution in [2.24, 2.45) is 5.73 Å². The van der Waals surface area contributed by atoms with Crippen LogP contribution in [-0.2, 0) is 0 Å². The van der Waals surface area contributed by atoms with Gasteiger partial charge in [-0.05, 0) is 37.8 Å². The lowest BCUT2D eigenvalue weighted by atomic mass is 9.90. The van der Waals surface area contributed by atoms with Gasteiger partial charge in [-0.3, -0.25) is 4.79 Å². The van der Waals surface area contributed by atoms with Crippen LogP contribution in [0.25, 0.3) is 0 Å². The normalized spacial score (nSPS) is 22.9. The molecule has 0 atom stereocenters. The lowest BCUT2D eigenvalue weighted by Gasteiger charge is -2.33. The summed E-state index contributed by atoms with van der Waals surface area (Å²) >= 11 is 0. The van der Waals surface area contributed by atoms with Crippen LogP contribution in [-0.4, -0.2) is 37.0 Å². The number of hydrogen-bond donors (Lipinski definition) is 1. The highest BCUT2D eigenvalue weighted by Crippen LogP contribution is 2.25. The zero-order chi connectivity index (χ0) is 13.8. The summed E-state index contributed by atoms with van der Waals surface area (Å²) in [6, 6.07) is 7.95. The number of rotatable bonds is 3. The number of carbonyl (C=O) groups is 1. The second-order valence-electron chi connectivity index (χ2n) is 5.18. The van der Waals surface area contributed by atoms with Crippen molar-refractivity contribution in [2.45, 2.75) is 37.8 Å². The molecule has 4 heteroatoms. The van der Waals surface area contributed by atoms with Crippen LogP contribution in [0, 0.1) is 0 Å². The Morgan fingerprint density at radius 2 is 1.89 bits per heavy atom. The minimum absolute atomic E-state index is 0.0259. The third-order valence-corrected chi connectivity index (χ3v) is 3.95. The number of para-hydroxylation sites is 1. The molecule has 0 spiro atoms. The van der Waals surface area contributed by atoms with E-state index in [4.69, 9.17) is 10.5 Å².